The molecule has 1 atom stereocenters. The monoisotopic (exact) mass is 381 g/mol. The molecule has 1 unspecified atom stereocenters. The van der Waals surface area contributed by atoms with Gasteiger partial charge < -0.3 is 10.2 Å². The number of nitrogens with one attached hydrogen (secondary N) is 1. The molecule has 24 heavy (non-hydrogen) atoms. The average molecular weight is 382 g/mol. The molecule has 0 radical (unpaired) electrons. The van der Waals surface area contributed by atoms with Crippen molar-refractivity contribution in [3.63, 3.8) is 0 Å². The molecule has 142 valence electrons. The van der Waals surface area contributed by atoms with Gasteiger partial charge in [-0.3, -0.25) is 4.79 Å². The first-order valence-electron chi connectivity index (χ1n) is 8.92. The Kier molecular flexibility index (Phi) is 8.98. The fraction of sp³-hybridized carbons (Fsp3) is 0.938. The molecule has 2 rings (SSSR count). The maximum absolute atomic E-state index is 12.8. The number of carbonyl (C=O) groups excluding carboxylic acids is 1. The Labute approximate surface area is 152 Å². The molecule has 0 aliphatic carbocycles. The van der Waals surface area contributed by atoms with E-state index < -0.39 is 16.1 Å². The molecular formula is C16H32ClN3O3S. The second kappa shape index (κ2) is 9.94. The molecule has 2 aliphatic heterocycles. The summed E-state index contributed by atoms with van der Waals surface area (Å²) < 4.78 is 26.4. The van der Waals surface area contributed by atoms with E-state index in [0.717, 1.165) is 45.3 Å². The predicted molar refractivity (Wildman–Crippen MR) is 98.9 cm³/mol. The highest BCUT2D eigenvalue weighted by atomic mass is 35.5. The lowest BCUT2D eigenvalue weighted by atomic mass is 9.96. The number of sulfonamides is 1. The Morgan fingerprint density at radius 2 is 1.83 bits per heavy atom. The average Bonchev–Trinajstić information content (AvgIpc) is 3.04. The van der Waals surface area contributed by atoms with Crippen LogP contribution in [0.4, 0.5) is 0 Å². The summed E-state index contributed by atoms with van der Waals surface area (Å²) in [5.74, 6) is 0.805. The van der Waals surface area contributed by atoms with E-state index in [1.807, 2.05) is 18.9 Å². The molecular weight excluding hydrogens is 350 g/mol. The van der Waals surface area contributed by atoms with Gasteiger partial charge in [-0.05, 0) is 51.6 Å². The molecule has 0 spiro atoms. The lowest BCUT2D eigenvalue weighted by Gasteiger charge is -2.35. The van der Waals surface area contributed by atoms with Crippen molar-refractivity contribution in [2.24, 2.45) is 5.92 Å². The highest BCUT2D eigenvalue weighted by molar-refractivity contribution is 7.89. The summed E-state index contributed by atoms with van der Waals surface area (Å²) >= 11 is 0. The standard InChI is InChI=1S/C16H31N3O3S.ClH/c1-3-4-12-23(21,22)19-9-5-6-15(19)16(20)18-10-7-14(8-11-18)13-17-2;/h14-15,17H,3-13H2,1-2H3;1H. The molecule has 8 heteroatoms. The number of hydrogen-bond donors (Lipinski definition) is 1. The van der Waals surface area contributed by atoms with Gasteiger partial charge in [-0.25, -0.2) is 8.42 Å². The summed E-state index contributed by atoms with van der Waals surface area (Å²) in [5.41, 5.74) is 0. The van der Waals surface area contributed by atoms with Crippen LogP contribution in [0.2, 0.25) is 0 Å². The topological polar surface area (TPSA) is 69.7 Å². The Hall–Kier alpha value is -0.370. The van der Waals surface area contributed by atoms with Crippen LogP contribution in [0.5, 0.6) is 0 Å². The maximum Gasteiger partial charge on any atom is 0.241 e. The molecule has 0 aromatic carbocycles. The van der Waals surface area contributed by atoms with Crippen molar-refractivity contribution in [1.29, 1.82) is 0 Å². The second-order valence-electron chi connectivity index (χ2n) is 6.76. The van der Waals surface area contributed by atoms with E-state index in [4.69, 9.17) is 0 Å². The van der Waals surface area contributed by atoms with Crippen molar-refractivity contribution >= 4 is 28.3 Å². The van der Waals surface area contributed by atoms with Gasteiger partial charge in [0.1, 0.15) is 6.04 Å². The van der Waals surface area contributed by atoms with E-state index >= 15 is 0 Å². The summed E-state index contributed by atoms with van der Waals surface area (Å²) in [4.78, 5) is 14.7. The van der Waals surface area contributed by atoms with E-state index in [2.05, 4.69) is 5.32 Å². The lowest BCUT2D eigenvalue weighted by Crippen LogP contribution is -2.50. The number of carbonyl (C=O) groups is 1. The van der Waals surface area contributed by atoms with Crippen molar-refractivity contribution < 1.29 is 13.2 Å². The number of rotatable bonds is 7. The molecule has 1 N–H and O–H groups in total. The first-order chi connectivity index (χ1) is 11.0. The van der Waals surface area contributed by atoms with Gasteiger partial charge in [-0.2, -0.15) is 4.31 Å². The fourth-order valence-electron chi connectivity index (χ4n) is 3.62. The van der Waals surface area contributed by atoms with Crippen LogP contribution in [-0.2, 0) is 14.8 Å². The Morgan fingerprint density at radius 1 is 1.17 bits per heavy atom. The SMILES string of the molecule is CCCCS(=O)(=O)N1CCCC1C(=O)N1CCC(CNC)CC1.Cl. The third kappa shape index (κ3) is 5.31. The van der Waals surface area contributed by atoms with Gasteiger partial charge in [0.25, 0.3) is 0 Å². The summed E-state index contributed by atoms with van der Waals surface area (Å²) in [6.07, 6.45) is 4.97. The minimum atomic E-state index is -3.30. The van der Waals surface area contributed by atoms with Crippen LogP contribution >= 0.6 is 12.4 Å². The van der Waals surface area contributed by atoms with E-state index in [9.17, 15) is 13.2 Å². The Bertz CT molecular complexity index is 493. The zero-order chi connectivity index (χ0) is 16.9. The predicted octanol–water partition coefficient (Wildman–Crippen LogP) is 1.46. The number of amides is 1. The number of nitrogens with zero attached hydrogens (tertiary/aromatic N) is 2. The summed E-state index contributed by atoms with van der Waals surface area (Å²) in [5, 5.41) is 3.19. The van der Waals surface area contributed by atoms with Gasteiger partial charge in [-0.15, -0.1) is 12.4 Å². The molecule has 2 fully saturated rings. The Morgan fingerprint density at radius 3 is 2.42 bits per heavy atom. The molecule has 0 aromatic rings. The van der Waals surface area contributed by atoms with Crippen molar-refractivity contribution in [3.8, 4) is 0 Å². The van der Waals surface area contributed by atoms with Crippen LogP contribution in [0.1, 0.15) is 45.4 Å². The first-order valence-corrected chi connectivity index (χ1v) is 10.5. The number of piperidine rings is 1. The van der Waals surface area contributed by atoms with Crippen molar-refractivity contribution in [2.45, 2.75) is 51.5 Å². The number of halogens is 1. The quantitative estimate of drug-likeness (QED) is 0.724. The van der Waals surface area contributed by atoms with Crippen molar-refractivity contribution in [2.75, 3.05) is 39.0 Å². The summed E-state index contributed by atoms with van der Waals surface area (Å²) in [6.45, 7) is 4.98. The molecule has 1 amide bonds. The summed E-state index contributed by atoms with van der Waals surface area (Å²) in [7, 11) is -1.35. The van der Waals surface area contributed by atoms with Gasteiger partial charge in [0.2, 0.25) is 15.9 Å². The fourth-order valence-corrected chi connectivity index (χ4v) is 5.50. The van der Waals surface area contributed by atoms with Crippen LogP contribution in [0.25, 0.3) is 0 Å². The molecule has 0 bridgehead atoms. The highest BCUT2D eigenvalue weighted by Crippen LogP contribution is 2.26. The number of unbranched alkanes of at least 4 members (excludes halogenated alkanes) is 1. The van der Waals surface area contributed by atoms with E-state index in [-0.39, 0.29) is 24.1 Å². The minimum absolute atomic E-state index is 0. The molecule has 0 aromatic heterocycles. The van der Waals surface area contributed by atoms with Crippen LogP contribution in [-0.4, -0.2) is 68.6 Å². The third-order valence-corrected chi connectivity index (χ3v) is 6.98. The largest absolute Gasteiger partial charge is 0.341 e. The van der Waals surface area contributed by atoms with Crippen LogP contribution in [0.3, 0.4) is 0 Å². The second-order valence-corrected chi connectivity index (χ2v) is 8.81. The van der Waals surface area contributed by atoms with Gasteiger partial charge in [0.15, 0.2) is 0 Å². The zero-order valence-electron chi connectivity index (χ0n) is 14.9. The number of likely N-dealkylation sites (tertiary alicyclic amines) is 1. The minimum Gasteiger partial charge on any atom is -0.341 e. The van der Waals surface area contributed by atoms with Crippen LogP contribution in [0, 0.1) is 5.92 Å². The van der Waals surface area contributed by atoms with Crippen LogP contribution in [0.15, 0.2) is 0 Å². The molecule has 6 nitrogen and oxygen atoms in total. The van der Waals surface area contributed by atoms with E-state index in [1.54, 1.807) is 0 Å². The number of hydrogen-bond acceptors (Lipinski definition) is 4. The lowest BCUT2D eigenvalue weighted by molar-refractivity contribution is -0.136. The molecule has 2 heterocycles. The third-order valence-electron chi connectivity index (χ3n) is 5.02. The van der Waals surface area contributed by atoms with Crippen molar-refractivity contribution in [3.05, 3.63) is 0 Å². The van der Waals surface area contributed by atoms with E-state index in [0.29, 0.717) is 25.3 Å². The van der Waals surface area contributed by atoms with E-state index in [1.165, 1.54) is 4.31 Å². The smallest absolute Gasteiger partial charge is 0.241 e. The summed E-state index contributed by atoms with van der Waals surface area (Å²) in [6, 6.07) is -0.460. The molecule has 2 saturated heterocycles. The first kappa shape index (κ1) is 21.7. The van der Waals surface area contributed by atoms with Gasteiger partial charge in [-0.1, -0.05) is 13.3 Å². The zero-order valence-corrected chi connectivity index (χ0v) is 16.5. The highest BCUT2D eigenvalue weighted by Gasteiger charge is 2.40. The van der Waals surface area contributed by atoms with Gasteiger partial charge in [0.05, 0.1) is 5.75 Å². The maximum atomic E-state index is 12.8. The van der Waals surface area contributed by atoms with Crippen LogP contribution < -0.4 is 5.32 Å². The van der Waals surface area contributed by atoms with Crippen molar-refractivity contribution in [1.82, 2.24) is 14.5 Å². The van der Waals surface area contributed by atoms with Gasteiger partial charge in [0, 0.05) is 19.6 Å². The molecule has 0 saturated carbocycles. The Balaban J connectivity index is 0.00000288. The van der Waals surface area contributed by atoms with Gasteiger partial charge >= 0.3 is 0 Å². The normalized spacial score (nSPS) is 23.2. The molecule has 2 aliphatic rings.